The van der Waals surface area contributed by atoms with Gasteiger partial charge in [-0.15, -0.1) is 0 Å². The lowest BCUT2D eigenvalue weighted by Crippen LogP contribution is -2.19. The van der Waals surface area contributed by atoms with Crippen molar-refractivity contribution >= 4 is 15.9 Å². The lowest BCUT2D eigenvalue weighted by atomic mass is 9.99. The second kappa shape index (κ2) is 5.42. The van der Waals surface area contributed by atoms with E-state index in [2.05, 4.69) is 15.9 Å². The van der Waals surface area contributed by atoms with Gasteiger partial charge in [0, 0.05) is 18.2 Å². The topological polar surface area (TPSA) is 35.2 Å². The molecule has 0 saturated carbocycles. The van der Waals surface area contributed by atoms with E-state index in [-0.39, 0.29) is 16.1 Å². The van der Waals surface area contributed by atoms with E-state index < -0.39 is 17.7 Å². The molecule has 1 heterocycles. The number of rotatable bonds is 3. The summed E-state index contributed by atoms with van der Waals surface area (Å²) in [5.41, 5.74) is 6.10. The van der Waals surface area contributed by atoms with E-state index in [4.69, 9.17) is 10.5 Å². The van der Waals surface area contributed by atoms with Crippen LogP contribution in [-0.4, -0.2) is 12.7 Å². The summed E-state index contributed by atoms with van der Waals surface area (Å²) < 4.78 is 32.5. The summed E-state index contributed by atoms with van der Waals surface area (Å²) in [6, 6.07) is 1.74. The fourth-order valence-corrected chi connectivity index (χ4v) is 2.38. The fraction of sp³-hybridized carbons (Fsp3) is 0.500. The molecule has 2 N–H and O–H groups in total. The van der Waals surface area contributed by atoms with Crippen LogP contribution >= 0.6 is 15.9 Å². The summed E-state index contributed by atoms with van der Waals surface area (Å²) in [5.74, 6) is -0.979. The maximum absolute atomic E-state index is 13.6. The molecule has 0 spiro atoms. The maximum Gasteiger partial charge on any atom is 0.137 e. The van der Waals surface area contributed by atoms with Crippen LogP contribution < -0.4 is 5.73 Å². The zero-order valence-electron chi connectivity index (χ0n) is 9.26. The van der Waals surface area contributed by atoms with E-state index in [1.54, 1.807) is 0 Å². The summed E-state index contributed by atoms with van der Waals surface area (Å²) in [7, 11) is 0. The Morgan fingerprint density at radius 3 is 2.82 bits per heavy atom. The molecule has 1 aliphatic heterocycles. The van der Waals surface area contributed by atoms with Gasteiger partial charge in [0.1, 0.15) is 11.6 Å². The lowest BCUT2D eigenvalue weighted by molar-refractivity contribution is 0.0980. The zero-order valence-corrected chi connectivity index (χ0v) is 10.8. The molecule has 2 atom stereocenters. The smallest absolute Gasteiger partial charge is 0.137 e. The van der Waals surface area contributed by atoms with Gasteiger partial charge in [-0.2, -0.15) is 0 Å². The average molecular weight is 306 g/mol. The second-order valence-corrected chi connectivity index (χ2v) is 5.12. The van der Waals surface area contributed by atoms with Crippen LogP contribution in [0, 0.1) is 11.6 Å². The van der Waals surface area contributed by atoms with Gasteiger partial charge in [-0.3, -0.25) is 0 Å². The molecule has 0 amide bonds. The van der Waals surface area contributed by atoms with Crippen LogP contribution in [0.3, 0.4) is 0 Å². The average Bonchev–Trinajstić information content (AvgIpc) is 2.76. The van der Waals surface area contributed by atoms with Crippen molar-refractivity contribution in [1.82, 2.24) is 0 Å². The van der Waals surface area contributed by atoms with Crippen molar-refractivity contribution < 1.29 is 13.5 Å². The highest BCUT2D eigenvalue weighted by Gasteiger charge is 2.22. The Morgan fingerprint density at radius 1 is 1.41 bits per heavy atom. The summed E-state index contributed by atoms with van der Waals surface area (Å²) in [6.45, 7) is 0.731. The first-order valence-corrected chi connectivity index (χ1v) is 6.39. The maximum atomic E-state index is 13.6. The van der Waals surface area contributed by atoms with Crippen LogP contribution in [0.5, 0.6) is 0 Å². The Balaban J connectivity index is 2.12. The van der Waals surface area contributed by atoms with Crippen molar-refractivity contribution in [3.63, 3.8) is 0 Å². The number of halogens is 3. The van der Waals surface area contributed by atoms with Crippen molar-refractivity contribution in [2.45, 2.75) is 31.4 Å². The highest BCUT2D eigenvalue weighted by Crippen LogP contribution is 2.28. The van der Waals surface area contributed by atoms with E-state index >= 15 is 0 Å². The number of ether oxygens (including phenoxy) is 1. The van der Waals surface area contributed by atoms with Crippen LogP contribution in [0.4, 0.5) is 8.78 Å². The van der Waals surface area contributed by atoms with Gasteiger partial charge < -0.3 is 10.5 Å². The molecule has 1 saturated heterocycles. The molecule has 2 nitrogen and oxygen atoms in total. The van der Waals surface area contributed by atoms with Crippen LogP contribution in [0.2, 0.25) is 0 Å². The Hall–Kier alpha value is -0.520. The highest BCUT2D eigenvalue weighted by molar-refractivity contribution is 9.10. The van der Waals surface area contributed by atoms with Gasteiger partial charge in [0.25, 0.3) is 0 Å². The minimum absolute atomic E-state index is 0.0658. The predicted molar refractivity (Wildman–Crippen MR) is 64.6 cm³/mol. The van der Waals surface area contributed by atoms with Crippen molar-refractivity contribution in [2.24, 2.45) is 5.73 Å². The minimum atomic E-state index is -0.527. The molecule has 5 heteroatoms. The Bertz CT molecular complexity index is 408. The monoisotopic (exact) mass is 305 g/mol. The largest absolute Gasteiger partial charge is 0.378 e. The van der Waals surface area contributed by atoms with Crippen LogP contribution in [0.15, 0.2) is 16.6 Å². The zero-order chi connectivity index (χ0) is 12.4. The standard InChI is InChI=1S/C12H14BrF2NO/c13-9-6-10(14)8(5-11(9)15)12(16)4-7-2-1-3-17-7/h5-7,12H,1-4,16H2. The van der Waals surface area contributed by atoms with Crippen molar-refractivity contribution in [1.29, 1.82) is 0 Å². The van der Waals surface area contributed by atoms with E-state index in [0.29, 0.717) is 6.42 Å². The first kappa shape index (κ1) is 12.9. The van der Waals surface area contributed by atoms with Crippen molar-refractivity contribution in [2.75, 3.05) is 6.61 Å². The van der Waals surface area contributed by atoms with Gasteiger partial charge in [0.15, 0.2) is 0 Å². The Labute approximate surface area is 107 Å². The van der Waals surface area contributed by atoms with Gasteiger partial charge in [0.2, 0.25) is 0 Å². The third-order valence-electron chi connectivity index (χ3n) is 2.98. The minimum Gasteiger partial charge on any atom is -0.378 e. The number of nitrogens with two attached hydrogens (primary N) is 1. The number of hydrogen-bond acceptors (Lipinski definition) is 2. The second-order valence-electron chi connectivity index (χ2n) is 4.27. The molecule has 94 valence electrons. The van der Waals surface area contributed by atoms with Crippen LogP contribution in [0.25, 0.3) is 0 Å². The SMILES string of the molecule is NC(CC1CCCO1)c1cc(F)c(Br)cc1F. The first-order chi connectivity index (χ1) is 8.08. The highest BCUT2D eigenvalue weighted by atomic mass is 79.9. The molecule has 0 radical (unpaired) electrons. The van der Waals surface area contributed by atoms with Gasteiger partial charge >= 0.3 is 0 Å². The third-order valence-corrected chi connectivity index (χ3v) is 3.59. The predicted octanol–water partition coefficient (Wildman–Crippen LogP) is 3.30. The fourth-order valence-electron chi connectivity index (χ4n) is 2.06. The summed E-state index contributed by atoms with van der Waals surface area (Å²) >= 11 is 2.94. The molecule has 2 rings (SSSR count). The van der Waals surface area contributed by atoms with Crippen molar-refractivity contribution in [3.05, 3.63) is 33.8 Å². The van der Waals surface area contributed by atoms with Gasteiger partial charge in [-0.05, 0) is 47.3 Å². The molecule has 1 aromatic rings. The van der Waals surface area contributed by atoms with E-state index in [9.17, 15) is 8.78 Å². The number of benzene rings is 1. The Morgan fingerprint density at radius 2 is 2.18 bits per heavy atom. The van der Waals surface area contributed by atoms with Gasteiger partial charge in [-0.1, -0.05) is 0 Å². The quantitative estimate of drug-likeness (QED) is 0.870. The van der Waals surface area contributed by atoms with Gasteiger partial charge in [-0.25, -0.2) is 8.78 Å². The molecule has 1 aliphatic rings. The lowest BCUT2D eigenvalue weighted by Gasteiger charge is -2.17. The molecule has 2 unspecified atom stereocenters. The molecule has 1 aromatic carbocycles. The molecule has 0 aliphatic carbocycles. The molecular formula is C12H14BrF2NO. The molecule has 1 fully saturated rings. The van der Waals surface area contributed by atoms with E-state index in [1.807, 2.05) is 0 Å². The van der Waals surface area contributed by atoms with Crippen LogP contribution in [-0.2, 0) is 4.74 Å². The van der Waals surface area contributed by atoms with Gasteiger partial charge in [0.05, 0.1) is 10.6 Å². The van der Waals surface area contributed by atoms with E-state index in [1.165, 1.54) is 0 Å². The summed E-state index contributed by atoms with van der Waals surface area (Å²) in [4.78, 5) is 0. The normalized spacial score (nSPS) is 21.8. The number of hydrogen-bond donors (Lipinski definition) is 1. The summed E-state index contributed by atoms with van der Waals surface area (Å²) in [6.07, 6.45) is 2.54. The molecular weight excluding hydrogens is 292 g/mol. The van der Waals surface area contributed by atoms with Crippen molar-refractivity contribution in [3.8, 4) is 0 Å². The molecule has 17 heavy (non-hydrogen) atoms. The molecule has 0 bridgehead atoms. The van der Waals surface area contributed by atoms with Crippen LogP contribution in [0.1, 0.15) is 30.9 Å². The van der Waals surface area contributed by atoms with E-state index in [0.717, 1.165) is 31.6 Å². The Kier molecular flexibility index (Phi) is 4.12. The molecule has 0 aromatic heterocycles. The summed E-state index contributed by atoms with van der Waals surface area (Å²) in [5, 5.41) is 0. The first-order valence-electron chi connectivity index (χ1n) is 5.59. The third kappa shape index (κ3) is 3.03.